The third-order valence-electron chi connectivity index (χ3n) is 2.29. The largest absolute Gasteiger partial charge is 0.366 e. The Morgan fingerprint density at radius 2 is 2.11 bits per heavy atom. The predicted molar refractivity (Wildman–Crippen MR) is 65.6 cm³/mol. The fraction of sp³-hybridized carbons (Fsp3) is 0.600. The monoisotopic (exact) mass is 254 g/mol. The minimum Gasteiger partial charge on any atom is -0.366 e. The Bertz CT molecular complexity index is 428. The van der Waals surface area contributed by atoms with Gasteiger partial charge in [0.2, 0.25) is 17.7 Å². The molecule has 1 heterocycles. The van der Waals surface area contributed by atoms with Gasteiger partial charge >= 0.3 is 0 Å². The number of hydrogen-bond acceptors (Lipinski definition) is 5. The molecule has 1 unspecified atom stereocenters. The first-order valence-corrected chi connectivity index (χ1v) is 5.64. The van der Waals surface area contributed by atoms with Crippen LogP contribution >= 0.6 is 0 Å². The molecule has 0 spiro atoms. The highest BCUT2D eigenvalue weighted by Crippen LogP contribution is 2.05. The van der Waals surface area contributed by atoms with Crippen molar-refractivity contribution in [2.45, 2.75) is 26.3 Å². The number of rotatable bonds is 5. The fourth-order valence-corrected chi connectivity index (χ4v) is 1.48. The molecule has 2 amide bonds. The maximum Gasteiger partial charge on any atom is 0.289 e. The van der Waals surface area contributed by atoms with E-state index in [9.17, 15) is 9.59 Å². The maximum absolute atomic E-state index is 11.8. The number of amides is 2. The lowest BCUT2D eigenvalue weighted by Gasteiger charge is -2.18. The average molecular weight is 254 g/mol. The second-order valence-corrected chi connectivity index (χ2v) is 4.31. The molecule has 5 N–H and O–H groups in total. The molecule has 0 bridgehead atoms. The molecular formula is C10H18N6O2. The van der Waals surface area contributed by atoms with E-state index in [2.05, 4.69) is 25.8 Å². The number of nitrogens with two attached hydrogens (primary N) is 1. The van der Waals surface area contributed by atoms with Crippen molar-refractivity contribution in [3.63, 3.8) is 0 Å². The molecule has 0 saturated heterocycles. The number of nitrogens with one attached hydrogen (secondary N) is 3. The van der Waals surface area contributed by atoms with Crippen molar-refractivity contribution >= 4 is 17.8 Å². The highest BCUT2D eigenvalue weighted by atomic mass is 16.2. The Morgan fingerprint density at radius 3 is 2.56 bits per heavy atom. The molecule has 0 aromatic carbocycles. The predicted octanol–water partition coefficient (Wildman–Crippen LogP) is -0.723. The Kier molecular flexibility index (Phi) is 4.64. The van der Waals surface area contributed by atoms with Crippen molar-refractivity contribution in [2.24, 2.45) is 5.92 Å². The first-order valence-electron chi connectivity index (χ1n) is 5.64. The van der Waals surface area contributed by atoms with E-state index >= 15 is 0 Å². The molecule has 0 aliphatic carbocycles. The van der Waals surface area contributed by atoms with Crippen molar-refractivity contribution in [3.8, 4) is 0 Å². The molecule has 18 heavy (non-hydrogen) atoms. The quantitative estimate of drug-likeness (QED) is 0.551. The normalized spacial score (nSPS) is 12.2. The zero-order chi connectivity index (χ0) is 13.7. The zero-order valence-electron chi connectivity index (χ0n) is 10.7. The van der Waals surface area contributed by atoms with Gasteiger partial charge in [0, 0.05) is 7.05 Å². The number of carbonyl (C=O) groups is 2. The SMILES string of the molecule is CNC(=O)C(CC(C)C)NC(=O)c1nc(N)n[nH]1. The first-order chi connectivity index (χ1) is 8.43. The maximum atomic E-state index is 11.8. The summed E-state index contributed by atoms with van der Waals surface area (Å²) in [4.78, 5) is 27.1. The van der Waals surface area contributed by atoms with Crippen molar-refractivity contribution in [2.75, 3.05) is 12.8 Å². The van der Waals surface area contributed by atoms with Gasteiger partial charge in [-0.15, -0.1) is 5.10 Å². The van der Waals surface area contributed by atoms with Crippen LogP contribution in [0.3, 0.4) is 0 Å². The van der Waals surface area contributed by atoms with Gasteiger partial charge in [0.25, 0.3) is 5.91 Å². The molecule has 1 rings (SSSR count). The summed E-state index contributed by atoms with van der Waals surface area (Å²) in [6.07, 6.45) is 0.537. The second-order valence-electron chi connectivity index (χ2n) is 4.31. The van der Waals surface area contributed by atoms with Gasteiger partial charge in [-0.25, -0.2) is 0 Å². The molecule has 0 aliphatic heterocycles. The van der Waals surface area contributed by atoms with Crippen molar-refractivity contribution in [1.29, 1.82) is 0 Å². The lowest BCUT2D eigenvalue weighted by Crippen LogP contribution is -2.46. The Hall–Kier alpha value is -2.12. The molecule has 0 fully saturated rings. The molecule has 0 saturated carbocycles. The summed E-state index contributed by atoms with van der Waals surface area (Å²) in [5.74, 6) is -0.504. The highest BCUT2D eigenvalue weighted by molar-refractivity contribution is 5.94. The molecule has 8 nitrogen and oxygen atoms in total. The van der Waals surface area contributed by atoms with Gasteiger partial charge < -0.3 is 16.4 Å². The third kappa shape index (κ3) is 3.72. The summed E-state index contributed by atoms with van der Waals surface area (Å²) >= 11 is 0. The van der Waals surface area contributed by atoms with Gasteiger partial charge in [0.15, 0.2) is 0 Å². The number of nitrogen functional groups attached to an aromatic ring is 1. The van der Waals surface area contributed by atoms with Gasteiger partial charge in [-0.05, 0) is 12.3 Å². The summed E-state index contributed by atoms with van der Waals surface area (Å²) in [7, 11) is 1.52. The van der Waals surface area contributed by atoms with Crippen LogP contribution in [0.25, 0.3) is 0 Å². The van der Waals surface area contributed by atoms with Crippen LogP contribution in [0.1, 0.15) is 30.9 Å². The summed E-state index contributed by atoms with van der Waals surface area (Å²) in [5.41, 5.74) is 5.30. The van der Waals surface area contributed by atoms with E-state index in [0.717, 1.165) is 0 Å². The zero-order valence-corrected chi connectivity index (χ0v) is 10.7. The molecule has 100 valence electrons. The number of hydrogen-bond donors (Lipinski definition) is 4. The minimum absolute atomic E-state index is 0.00911. The molecule has 1 atom stereocenters. The number of likely N-dealkylation sites (N-methyl/N-ethyl adjacent to an activating group) is 1. The molecular weight excluding hydrogens is 236 g/mol. The second kappa shape index (κ2) is 5.99. The number of aromatic nitrogens is 3. The number of anilines is 1. The van der Waals surface area contributed by atoms with E-state index in [4.69, 9.17) is 5.73 Å². The van der Waals surface area contributed by atoms with Crippen molar-refractivity contribution < 1.29 is 9.59 Å². The Balaban J connectivity index is 2.71. The van der Waals surface area contributed by atoms with Crippen molar-refractivity contribution in [1.82, 2.24) is 25.8 Å². The lowest BCUT2D eigenvalue weighted by molar-refractivity contribution is -0.122. The van der Waals surface area contributed by atoms with E-state index in [-0.39, 0.29) is 23.6 Å². The van der Waals surface area contributed by atoms with Crippen LogP contribution in [0.15, 0.2) is 0 Å². The lowest BCUT2D eigenvalue weighted by atomic mass is 10.0. The van der Waals surface area contributed by atoms with Gasteiger partial charge in [-0.3, -0.25) is 14.7 Å². The van der Waals surface area contributed by atoms with E-state index in [0.29, 0.717) is 6.42 Å². The summed E-state index contributed by atoms with van der Waals surface area (Å²) in [6, 6.07) is -0.603. The molecule has 0 aliphatic rings. The highest BCUT2D eigenvalue weighted by Gasteiger charge is 2.22. The molecule has 1 aromatic heterocycles. The van der Waals surface area contributed by atoms with Gasteiger partial charge in [0.05, 0.1) is 0 Å². The summed E-state index contributed by atoms with van der Waals surface area (Å²) in [6.45, 7) is 3.93. The fourth-order valence-electron chi connectivity index (χ4n) is 1.48. The smallest absolute Gasteiger partial charge is 0.289 e. The Labute approximate surface area is 105 Å². The topological polar surface area (TPSA) is 126 Å². The number of carbonyl (C=O) groups excluding carboxylic acids is 2. The van der Waals surface area contributed by atoms with Crippen LogP contribution in [0.5, 0.6) is 0 Å². The number of nitrogens with zero attached hydrogens (tertiary/aromatic N) is 2. The Morgan fingerprint density at radius 1 is 1.44 bits per heavy atom. The van der Waals surface area contributed by atoms with Gasteiger partial charge in [-0.2, -0.15) is 4.98 Å². The van der Waals surface area contributed by atoms with Crippen LogP contribution in [0.2, 0.25) is 0 Å². The van der Waals surface area contributed by atoms with Gasteiger partial charge in [0.1, 0.15) is 6.04 Å². The van der Waals surface area contributed by atoms with Crippen LogP contribution in [0, 0.1) is 5.92 Å². The van der Waals surface area contributed by atoms with E-state index < -0.39 is 11.9 Å². The minimum atomic E-state index is -0.603. The van der Waals surface area contributed by atoms with E-state index in [1.165, 1.54) is 7.05 Å². The molecule has 1 aromatic rings. The number of aromatic amines is 1. The van der Waals surface area contributed by atoms with Crippen LogP contribution < -0.4 is 16.4 Å². The van der Waals surface area contributed by atoms with Crippen molar-refractivity contribution in [3.05, 3.63) is 5.82 Å². The van der Waals surface area contributed by atoms with Gasteiger partial charge in [-0.1, -0.05) is 13.8 Å². The summed E-state index contributed by atoms with van der Waals surface area (Å²) < 4.78 is 0. The number of H-pyrrole nitrogens is 1. The van der Waals surface area contributed by atoms with E-state index in [1.54, 1.807) is 0 Å². The standard InChI is InChI=1S/C10H18N6O2/c1-5(2)4-6(8(17)12-3)13-9(18)7-14-10(11)16-15-7/h5-6H,4H2,1-3H3,(H,12,17)(H,13,18)(H3,11,14,15,16). The first kappa shape index (κ1) is 13.9. The third-order valence-corrected chi connectivity index (χ3v) is 2.29. The van der Waals surface area contributed by atoms with Crippen LogP contribution in [0.4, 0.5) is 5.95 Å². The average Bonchev–Trinajstić information content (AvgIpc) is 2.73. The molecule has 0 radical (unpaired) electrons. The van der Waals surface area contributed by atoms with E-state index in [1.807, 2.05) is 13.8 Å². The van der Waals surface area contributed by atoms with Crippen LogP contribution in [-0.2, 0) is 4.79 Å². The van der Waals surface area contributed by atoms with Crippen LogP contribution in [-0.4, -0.2) is 40.1 Å². The summed E-state index contributed by atoms with van der Waals surface area (Å²) in [5, 5.41) is 11.0. The molecule has 8 heteroatoms.